The van der Waals surface area contributed by atoms with Gasteiger partial charge in [-0.15, -0.1) is 17.8 Å². The summed E-state index contributed by atoms with van der Waals surface area (Å²) in [7, 11) is 0. The number of aromatic nitrogens is 1. The van der Waals surface area contributed by atoms with Crippen LogP contribution in [0, 0.1) is 12.3 Å². The van der Waals surface area contributed by atoms with E-state index in [1.165, 1.54) is 16.7 Å². The topological polar surface area (TPSA) is 71.5 Å². The fourth-order valence-electron chi connectivity index (χ4n) is 3.91. The van der Waals surface area contributed by atoms with Crippen LogP contribution in [0.2, 0.25) is 0 Å². The fourth-order valence-corrected chi connectivity index (χ4v) is 4.89. The molecule has 0 spiro atoms. The molecule has 4 rings (SSSR count). The molecule has 1 N–H and O–H groups in total. The molecule has 7 heteroatoms. The number of rotatable bonds is 5. The number of likely N-dealkylation sites (tertiary alicyclic amines) is 1. The quantitative estimate of drug-likeness (QED) is 0.574. The van der Waals surface area contributed by atoms with Gasteiger partial charge in [0.05, 0.1) is 11.0 Å². The van der Waals surface area contributed by atoms with Gasteiger partial charge in [-0.25, -0.2) is 9.78 Å². The maximum atomic E-state index is 12.8. The second kappa shape index (κ2) is 9.84. The molecule has 2 aromatic carbocycles. The molecule has 164 valence electrons. The Kier molecular flexibility index (Phi) is 6.72. The van der Waals surface area contributed by atoms with Gasteiger partial charge in [0, 0.05) is 24.4 Å². The van der Waals surface area contributed by atoms with Crippen LogP contribution in [-0.2, 0) is 4.74 Å². The van der Waals surface area contributed by atoms with Crippen LogP contribution in [0.15, 0.2) is 47.8 Å². The summed E-state index contributed by atoms with van der Waals surface area (Å²) >= 11 is 1.50. The lowest BCUT2D eigenvalue weighted by molar-refractivity contribution is 0.0935. The third kappa shape index (κ3) is 4.92. The molecule has 0 saturated carbocycles. The van der Waals surface area contributed by atoms with Crippen LogP contribution in [0.5, 0.6) is 0 Å². The first-order chi connectivity index (χ1) is 15.5. The first-order valence-corrected chi connectivity index (χ1v) is 11.5. The van der Waals surface area contributed by atoms with Gasteiger partial charge in [0.15, 0.2) is 6.61 Å². The summed E-state index contributed by atoms with van der Waals surface area (Å²) in [6.45, 7) is 3.15. The summed E-state index contributed by atoms with van der Waals surface area (Å²) in [5, 5.41) is 8.13. The maximum Gasteiger partial charge on any atom is 0.410 e. The third-order valence-electron chi connectivity index (χ3n) is 5.76. The number of benzene rings is 2. The molecule has 1 aromatic heterocycles. The summed E-state index contributed by atoms with van der Waals surface area (Å²) in [4.78, 5) is 31.0. The van der Waals surface area contributed by atoms with E-state index in [0.29, 0.717) is 18.8 Å². The van der Waals surface area contributed by atoms with E-state index in [-0.39, 0.29) is 30.6 Å². The molecule has 0 radical (unpaired) electrons. The summed E-state index contributed by atoms with van der Waals surface area (Å²) in [6.07, 6.45) is 6.33. The number of carbonyl (C=O) groups is 2. The van der Waals surface area contributed by atoms with E-state index in [1.54, 1.807) is 4.90 Å². The Morgan fingerprint density at radius 1 is 1.25 bits per heavy atom. The van der Waals surface area contributed by atoms with Crippen LogP contribution in [0.3, 0.4) is 0 Å². The normalized spacial score (nSPS) is 15.2. The Labute approximate surface area is 191 Å². The molecule has 6 nitrogen and oxygen atoms in total. The minimum Gasteiger partial charge on any atom is -0.436 e. The minimum absolute atomic E-state index is 0.0126. The van der Waals surface area contributed by atoms with Crippen LogP contribution in [0.25, 0.3) is 10.8 Å². The van der Waals surface area contributed by atoms with Crippen molar-refractivity contribution in [3.8, 4) is 12.3 Å². The molecule has 1 saturated heterocycles. The standard InChI is InChI=1S/C25H25N3O3S/c1-3-14-31-25(30)28-12-10-19(11-13-28)24-27-22(16-32-24)23(29)26-17(2)20-9-8-18-6-4-5-7-21(18)15-20/h1,4-9,15-17,19H,10-14H2,2H3,(H,26,29). The lowest BCUT2D eigenvalue weighted by Gasteiger charge is -2.30. The molecule has 1 aliphatic rings. The summed E-state index contributed by atoms with van der Waals surface area (Å²) < 4.78 is 4.99. The number of thiazole rings is 1. The molecular weight excluding hydrogens is 422 g/mol. The number of nitrogens with one attached hydrogen (secondary N) is 1. The van der Waals surface area contributed by atoms with Crippen LogP contribution in [0.1, 0.15) is 52.8 Å². The number of piperidine rings is 1. The molecule has 1 fully saturated rings. The molecule has 2 heterocycles. The van der Waals surface area contributed by atoms with Crippen molar-refractivity contribution in [3.05, 3.63) is 64.1 Å². The smallest absolute Gasteiger partial charge is 0.410 e. The molecule has 3 aromatic rings. The fraction of sp³-hybridized carbons (Fsp3) is 0.320. The van der Waals surface area contributed by atoms with Crippen molar-refractivity contribution >= 4 is 34.1 Å². The van der Waals surface area contributed by atoms with Crippen LogP contribution in [-0.4, -0.2) is 41.6 Å². The number of nitrogens with zero attached hydrogens (tertiary/aromatic N) is 2. The Hall–Kier alpha value is -3.37. The molecule has 2 amide bonds. The van der Waals surface area contributed by atoms with Gasteiger partial charge < -0.3 is 15.0 Å². The van der Waals surface area contributed by atoms with Gasteiger partial charge in [-0.2, -0.15) is 0 Å². The van der Waals surface area contributed by atoms with E-state index < -0.39 is 0 Å². The number of hydrogen-bond donors (Lipinski definition) is 1. The van der Waals surface area contributed by atoms with Crippen molar-refractivity contribution in [2.75, 3.05) is 19.7 Å². The largest absolute Gasteiger partial charge is 0.436 e. The van der Waals surface area contributed by atoms with E-state index in [9.17, 15) is 9.59 Å². The molecule has 1 aliphatic heterocycles. The second-order valence-electron chi connectivity index (χ2n) is 7.89. The van der Waals surface area contributed by atoms with Crippen molar-refractivity contribution in [1.29, 1.82) is 0 Å². The predicted molar refractivity (Wildman–Crippen MR) is 126 cm³/mol. The van der Waals surface area contributed by atoms with Gasteiger partial charge in [0.1, 0.15) is 5.69 Å². The van der Waals surface area contributed by atoms with Crippen LogP contribution < -0.4 is 5.32 Å². The lowest BCUT2D eigenvalue weighted by atomic mass is 9.98. The van der Waals surface area contributed by atoms with Gasteiger partial charge in [-0.1, -0.05) is 42.3 Å². The zero-order chi connectivity index (χ0) is 22.5. The highest BCUT2D eigenvalue weighted by molar-refractivity contribution is 7.09. The molecule has 0 bridgehead atoms. The molecular formula is C25H25N3O3S. The number of hydrogen-bond acceptors (Lipinski definition) is 5. The lowest BCUT2D eigenvalue weighted by Crippen LogP contribution is -2.38. The summed E-state index contributed by atoms with van der Waals surface area (Å²) in [5.41, 5.74) is 1.49. The van der Waals surface area contributed by atoms with Crippen molar-refractivity contribution in [2.45, 2.75) is 31.7 Å². The van der Waals surface area contributed by atoms with Crippen molar-refractivity contribution in [3.63, 3.8) is 0 Å². The third-order valence-corrected chi connectivity index (χ3v) is 6.76. The van der Waals surface area contributed by atoms with E-state index in [2.05, 4.69) is 40.5 Å². The van der Waals surface area contributed by atoms with E-state index in [1.807, 2.05) is 30.5 Å². The number of terminal acetylenes is 1. The SMILES string of the molecule is C#CCOC(=O)N1CCC(c2nc(C(=O)NC(C)c3ccc4ccccc4c3)cs2)CC1. The molecule has 1 atom stereocenters. The first kappa shape index (κ1) is 21.8. The average molecular weight is 448 g/mol. The number of fused-ring (bicyclic) bond motifs is 1. The highest BCUT2D eigenvalue weighted by Gasteiger charge is 2.27. The van der Waals surface area contributed by atoms with E-state index >= 15 is 0 Å². The maximum absolute atomic E-state index is 12.8. The molecule has 0 aliphatic carbocycles. The summed E-state index contributed by atoms with van der Waals surface area (Å²) in [5.74, 6) is 2.36. The Morgan fingerprint density at radius 2 is 2.00 bits per heavy atom. The number of amides is 2. The first-order valence-electron chi connectivity index (χ1n) is 10.7. The van der Waals surface area contributed by atoms with Crippen molar-refractivity contribution in [2.24, 2.45) is 0 Å². The predicted octanol–water partition coefficient (Wildman–Crippen LogP) is 4.74. The second-order valence-corrected chi connectivity index (χ2v) is 8.78. The van der Waals surface area contributed by atoms with Gasteiger partial charge in [-0.3, -0.25) is 4.79 Å². The summed E-state index contributed by atoms with van der Waals surface area (Å²) in [6, 6.07) is 14.3. The van der Waals surface area contributed by atoms with Crippen LogP contribution >= 0.6 is 11.3 Å². The Morgan fingerprint density at radius 3 is 2.75 bits per heavy atom. The number of carbonyl (C=O) groups excluding carboxylic acids is 2. The average Bonchev–Trinajstić information content (AvgIpc) is 3.33. The van der Waals surface area contributed by atoms with Gasteiger partial charge in [0.25, 0.3) is 5.91 Å². The molecule has 32 heavy (non-hydrogen) atoms. The zero-order valence-electron chi connectivity index (χ0n) is 17.9. The van der Waals surface area contributed by atoms with Gasteiger partial charge in [-0.05, 0) is 42.2 Å². The minimum atomic E-state index is -0.372. The highest BCUT2D eigenvalue weighted by Crippen LogP contribution is 2.30. The monoisotopic (exact) mass is 447 g/mol. The Balaban J connectivity index is 1.34. The van der Waals surface area contributed by atoms with E-state index in [4.69, 9.17) is 11.2 Å². The van der Waals surface area contributed by atoms with Crippen molar-refractivity contribution in [1.82, 2.24) is 15.2 Å². The van der Waals surface area contributed by atoms with E-state index in [0.717, 1.165) is 28.8 Å². The van der Waals surface area contributed by atoms with Crippen molar-refractivity contribution < 1.29 is 14.3 Å². The Bertz CT molecular complexity index is 1160. The number of ether oxygens (including phenoxy) is 1. The molecule has 1 unspecified atom stereocenters. The highest BCUT2D eigenvalue weighted by atomic mass is 32.1. The zero-order valence-corrected chi connectivity index (χ0v) is 18.7. The van der Waals surface area contributed by atoms with Crippen LogP contribution in [0.4, 0.5) is 4.79 Å². The van der Waals surface area contributed by atoms with Gasteiger partial charge in [0.2, 0.25) is 0 Å². The van der Waals surface area contributed by atoms with Gasteiger partial charge >= 0.3 is 6.09 Å².